The largest absolute Gasteiger partial charge is 0.507 e. The summed E-state index contributed by atoms with van der Waals surface area (Å²) in [6, 6.07) is 15.9. The molecule has 0 saturated carbocycles. The van der Waals surface area contributed by atoms with Crippen LogP contribution >= 0.6 is 0 Å². The average molecular weight is 357 g/mol. The van der Waals surface area contributed by atoms with Gasteiger partial charge in [0.2, 0.25) is 0 Å². The molecule has 0 unspecified atom stereocenters. The zero-order valence-electron chi connectivity index (χ0n) is 14.1. The van der Waals surface area contributed by atoms with Crippen molar-refractivity contribution in [2.24, 2.45) is 0 Å². The van der Waals surface area contributed by atoms with Gasteiger partial charge in [-0.1, -0.05) is 41.5 Å². The quantitative estimate of drug-likeness (QED) is 0.582. The number of phenols is 2. The summed E-state index contributed by atoms with van der Waals surface area (Å²) in [5.74, 6) is 0.737. The molecule has 7 heteroatoms. The molecule has 2 heterocycles. The van der Waals surface area contributed by atoms with Gasteiger partial charge in [0.15, 0.2) is 0 Å². The van der Waals surface area contributed by atoms with Crippen LogP contribution in [-0.2, 0) is 0 Å². The van der Waals surface area contributed by atoms with Gasteiger partial charge < -0.3 is 10.2 Å². The molecule has 0 aliphatic heterocycles. The van der Waals surface area contributed by atoms with E-state index >= 15 is 0 Å². The number of benzene rings is 2. The van der Waals surface area contributed by atoms with Crippen LogP contribution in [0, 0.1) is 0 Å². The van der Waals surface area contributed by atoms with Crippen molar-refractivity contribution in [2.45, 2.75) is 0 Å². The summed E-state index contributed by atoms with van der Waals surface area (Å²) in [6.45, 7) is 0. The Kier molecular flexibility index (Phi) is 4.32. The van der Waals surface area contributed by atoms with Gasteiger partial charge >= 0.3 is 0 Å². The lowest BCUT2D eigenvalue weighted by Gasteiger charge is -2.02. The monoisotopic (exact) mass is 357 g/mol. The fraction of sp³-hybridized carbons (Fsp3) is 0. The second-order valence-corrected chi connectivity index (χ2v) is 5.78. The lowest BCUT2D eigenvalue weighted by molar-refractivity contribution is 0.473. The molecule has 0 bridgehead atoms. The molecule has 2 N–H and O–H groups in total. The van der Waals surface area contributed by atoms with E-state index in [9.17, 15) is 10.2 Å². The number of fused-ring (bicyclic) bond motifs is 1. The fourth-order valence-electron chi connectivity index (χ4n) is 2.59. The molecule has 0 aliphatic rings. The molecule has 0 radical (unpaired) electrons. The van der Waals surface area contributed by atoms with E-state index in [1.54, 1.807) is 48.6 Å². The van der Waals surface area contributed by atoms with Gasteiger partial charge in [-0.15, -0.1) is 0 Å². The van der Waals surface area contributed by atoms with Crippen molar-refractivity contribution in [2.75, 3.05) is 0 Å². The molecule has 0 fully saturated rings. The molecule has 0 aliphatic carbocycles. The van der Waals surface area contributed by atoms with Crippen LogP contribution in [0.25, 0.3) is 30.1 Å². The minimum atomic E-state index is 0.190. The van der Waals surface area contributed by atoms with Crippen molar-refractivity contribution in [3.05, 3.63) is 77.1 Å². The number of nitrogens with zero attached hydrogens (tertiary/aromatic N) is 5. The third-order valence-corrected chi connectivity index (χ3v) is 3.96. The first-order chi connectivity index (χ1) is 13.2. The highest BCUT2D eigenvalue weighted by atomic mass is 16.3. The zero-order valence-corrected chi connectivity index (χ0v) is 14.1. The van der Waals surface area contributed by atoms with Gasteiger partial charge in [-0.3, -0.25) is 0 Å². The lowest BCUT2D eigenvalue weighted by atomic mass is 10.1. The van der Waals surface area contributed by atoms with Crippen LogP contribution in [0.3, 0.4) is 0 Å². The van der Waals surface area contributed by atoms with E-state index < -0.39 is 0 Å². The van der Waals surface area contributed by atoms with Crippen LogP contribution in [0.5, 0.6) is 11.5 Å². The molecule has 0 spiro atoms. The summed E-state index contributed by atoms with van der Waals surface area (Å²) in [6.07, 6.45) is 7.13. The second kappa shape index (κ2) is 7.09. The maximum Gasteiger partial charge on any atom is 0.274 e. The summed E-state index contributed by atoms with van der Waals surface area (Å²) in [5.41, 5.74) is 2.70. The topological polar surface area (TPSA) is 96.4 Å². The third kappa shape index (κ3) is 3.52. The van der Waals surface area contributed by atoms with E-state index in [0.29, 0.717) is 28.3 Å². The Morgan fingerprint density at radius 3 is 2.07 bits per heavy atom. The minimum Gasteiger partial charge on any atom is -0.507 e. The summed E-state index contributed by atoms with van der Waals surface area (Å²) >= 11 is 0. The van der Waals surface area contributed by atoms with Crippen LogP contribution < -0.4 is 0 Å². The molecular weight excluding hydrogens is 342 g/mol. The van der Waals surface area contributed by atoms with Crippen LogP contribution in [0.2, 0.25) is 0 Å². The number of tetrazole rings is 1. The average Bonchev–Trinajstić information content (AvgIpc) is 3.15. The number of hydrogen-bond acceptors (Lipinski definition) is 6. The van der Waals surface area contributed by atoms with Gasteiger partial charge in [0.1, 0.15) is 11.5 Å². The molecule has 4 aromatic rings. The molecule has 27 heavy (non-hydrogen) atoms. The molecule has 132 valence electrons. The van der Waals surface area contributed by atoms with Crippen molar-refractivity contribution >= 4 is 30.1 Å². The van der Waals surface area contributed by atoms with Crippen LogP contribution in [-0.4, -0.2) is 35.2 Å². The highest BCUT2D eigenvalue weighted by Gasteiger charge is 2.06. The summed E-state index contributed by atoms with van der Waals surface area (Å²) < 4.78 is 1.51. The van der Waals surface area contributed by atoms with Crippen molar-refractivity contribution in [1.82, 2.24) is 25.0 Å². The van der Waals surface area contributed by atoms with Gasteiger partial charge in [-0.25, -0.2) is 4.98 Å². The predicted molar refractivity (Wildman–Crippen MR) is 103 cm³/mol. The second-order valence-electron chi connectivity index (χ2n) is 5.78. The first-order valence-electron chi connectivity index (χ1n) is 8.22. The van der Waals surface area contributed by atoms with Gasteiger partial charge in [0.25, 0.3) is 5.78 Å². The normalized spacial score (nSPS) is 11.7. The zero-order chi connectivity index (χ0) is 18.6. The van der Waals surface area contributed by atoms with E-state index in [0.717, 1.165) is 0 Å². The van der Waals surface area contributed by atoms with E-state index in [4.69, 9.17) is 0 Å². The van der Waals surface area contributed by atoms with Crippen molar-refractivity contribution in [3.63, 3.8) is 0 Å². The standard InChI is InChI=1S/C20H15N5O2/c26-18-7-3-1-5-14(18)9-11-16-13-17(25-20(21-16)22-23-24-25)12-10-15-6-2-4-8-19(15)27/h1-13,26-27H/b11-9+,12-10+. The summed E-state index contributed by atoms with van der Waals surface area (Å²) in [7, 11) is 0. The van der Waals surface area contributed by atoms with E-state index in [2.05, 4.69) is 20.5 Å². The number of rotatable bonds is 4. The number of para-hydroxylation sites is 2. The maximum absolute atomic E-state index is 9.91. The lowest BCUT2D eigenvalue weighted by Crippen LogP contribution is -1.98. The molecule has 0 saturated heterocycles. The summed E-state index contributed by atoms with van der Waals surface area (Å²) in [4.78, 5) is 4.39. The van der Waals surface area contributed by atoms with Gasteiger partial charge in [0, 0.05) is 11.1 Å². The molecule has 0 atom stereocenters. The maximum atomic E-state index is 9.91. The Morgan fingerprint density at radius 2 is 1.41 bits per heavy atom. The third-order valence-electron chi connectivity index (χ3n) is 3.96. The van der Waals surface area contributed by atoms with E-state index in [1.165, 1.54) is 4.52 Å². The van der Waals surface area contributed by atoms with Crippen LogP contribution in [0.15, 0.2) is 54.6 Å². The number of aromatic hydroxyl groups is 2. The molecule has 2 aromatic heterocycles. The van der Waals surface area contributed by atoms with Crippen LogP contribution in [0.4, 0.5) is 0 Å². The Bertz CT molecular complexity index is 1160. The number of hydrogen-bond donors (Lipinski definition) is 2. The Labute approximate surface area is 154 Å². The smallest absolute Gasteiger partial charge is 0.274 e. The minimum absolute atomic E-state index is 0.190. The summed E-state index contributed by atoms with van der Waals surface area (Å²) in [5, 5.41) is 31.3. The Morgan fingerprint density at radius 1 is 0.778 bits per heavy atom. The van der Waals surface area contributed by atoms with E-state index in [1.807, 2.05) is 30.3 Å². The van der Waals surface area contributed by atoms with Crippen molar-refractivity contribution in [3.8, 4) is 11.5 Å². The molecular formula is C20H15N5O2. The molecule has 7 nitrogen and oxygen atoms in total. The number of phenolic OH excluding ortho intramolecular Hbond substituents is 2. The molecule has 2 aromatic carbocycles. The van der Waals surface area contributed by atoms with Gasteiger partial charge in [-0.2, -0.15) is 4.52 Å². The van der Waals surface area contributed by atoms with Gasteiger partial charge in [0.05, 0.1) is 11.4 Å². The Balaban J connectivity index is 1.72. The van der Waals surface area contributed by atoms with Gasteiger partial charge in [-0.05, 0) is 52.9 Å². The molecule has 0 amide bonds. The highest BCUT2D eigenvalue weighted by Crippen LogP contribution is 2.20. The predicted octanol–water partition coefficient (Wildman–Crippen LogP) is 3.27. The van der Waals surface area contributed by atoms with Crippen molar-refractivity contribution in [1.29, 1.82) is 0 Å². The van der Waals surface area contributed by atoms with E-state index in [-0.39, 0.29) is 11.5 Å². The van der Waals surface area contributed by atoms with Crippen molar-refractivity contribution < 1.29 is 10.2 Å². The highest BCUT2D eigenvalue weighted by molar-refractivity contribution is 5.75. The first kappa shape index (κ1) is 16.5. The number of aromatic nitrogens is 5. The fourth-order valence-corrected chi connectivity index (χ4v) is 2.59. The molecule has 4 rings (SSSR count). The van der Waals surface area contributed by atoms with Crippen LogP contribution in [0.1, 0.15) is 22.5 Å². The first-order valence-corrected chi connectivity index (χ1v) is 8.22. The SMILES string of the molecule is Oc1ccccc1/C=C/c1cc(/C=C/c2ccccc2O)n2nnnc2n1. The Hall–Kier alpha value is -4.00.